The molecule has 2 aromatic rings. The van der Waals surface area contributed by atoms with Crippen molar-refractivity contribution in [1.82, 2.24) is 5.32 Å². The van der Waals surface area contributed by atoms with Gasteiger partial charge in [-0.15, -0.1) is 0 Å². The number of carbonyl (C=O) groups excluding carboxylic acids is 4. The van der Waals surface area contributed by atoms with Crippen molar-refractivity contribution in [3.8, 4) is 0 Å². The molecular formula is C32H48N4O6. The standard InChI is InChI=1S/C15H20N2O3.C9H9NO.C6H11NO2.2CH4/c1-20-15(19)11-9-13(10-11)16-8-7-14(18)17-12-5-3-2-4-6-12;1-2-9(11)10-8-6-4-3-5-7-8;1-9-6(8)4-2-5(7)3-4;;/h2-6,11,13,16H,7-10H2,1H3,(H,17,18);2-7H,1H2,(H,10,11);4-5H,2-3,7H2,1H3;2*1H4. The number of nitrogens with two attached hydrogens (primary N) is 1. The van der Waals surface area contributed by atoms with E-state index in [0.717, 1.165) is 37.1 Å². The molecule has 0 aliphatic heterocycles. The average Bonchev–Trinajstić information content (AvgIpc) is 2.93. The molecular weight excluding hydrogens is 536 g/mol. The van der Waals surface area contributed by atoms with E-state index >= 15 is 0 Å². The Morgan fingerprint density at radius 3 is 1.69 bits per heavy atom. The van der Waals surface area contributed by atoms with Crippen molar-refractivity contribution < 1.29 is 28.7 Å². The lowest BCUT2D eigenvalue weighted by molar-refractivity contribution is -0.149. The second kappa shape index (κ2) is 20.8. The molecule has 4 rings (SSSR count). The summed E-state index contributed by atoms with van der Waals surface area (Å²) < 4.78 is 9.19. The molecule has 2 fully saturated rings. The van der Waals surface area contributed by atoms with E-state index in [1.807, 2.05) is 60.7 Å². The fourth-order valence-electron chi connectivity index (χ4n) is 4.01. The summed E-state index contributed by atoms with van der Waals surface area (Å²) in [5.74, 6) is -0.328. The first-order valence-corrected chi connectivity index (χ1v) is 13.2. The van der Waals surface area contributed by atoms with Gasteiger partial charge in [-0.1, -0.05) is 57.8 Å². The number of methoxy groups -OCH3 is 2. The van der Waals surface area contributed by atoms with Gasteiger partial charge in [-0.3, -0.25) is 19.2 Å². The molecule has 232 valence electrons. The van der Waals surface area contributed by atoms with Crippen molar-refractivity contribution >= 4 is 35.1 Å². The Hall–Kier alpha value is -4.02. The van der Waals surface area contributed by atoms with Crippen LogP contribution in [-0.2, 0) is 28.7 Å². The number of para-hydroxylation sites is 2. The maximum atomic E-state index is 11.7. The van der Waals surface area contributed by atoms with Crippen LogP contribution in [0, 0.1) is 11.8 Å². The lowest BCUT2D eigenvalue weighted by Gasteiger charge is -2.33. The highest BCUT2D eigenvalue weighted by Crippen LogP contribution is 2.28. The Labute approximate surface area is 250 Å². The number of benzene rings is 2. The predicted molar refractivity (Wildman–Crippen MR) is 168 cm³/mol. The minimum absolute atomic E-state index is 0. The van der Waals surface area contributed by atoms with Gasteiger partial charge in [0, 0.05) is 36.4 Å². The monoisotopic (exact) mass is 584 g/mol. The molecule has 0 bridgehead atoms. The minimum Gasteiger partial charge on any atom is -0.469 e. The van der Waals surface area contributed by atoms with Crippen LogP contribution in [0.25, 0.3) is 0 Å². The molecule has 5 N–H and O–H groups in total. The van der Waals surface area contributed by atoms with E-state index in [4.69, 9.17) is 5.73 Å². The molecule has 10 nitrogen and oxygen atoms in total. The number of hydrogen-bond donors (Lipinski definition) is 4. The van der Waals surface area contributed by atoms with Gasteiger partial charge in [-0.2, -0.15) is 0 Å². The summed E-state index contributed by atoms with van der Waals surface area (Å²) in [6, 6.07) is 19.2. The van der Waals surface area contributed by atoms with Crippen LogP contribution in [0.3, 0.4) is 0 Å². The quantitative estimate of drug-likeness (QED) is 0.248. The summed E-state index contributed by atoms with van der Waals surface area (Å²) in [5.41, 5.74) is 7.05. The van der Waals surface area contributed by atoms with Crippen LogP contribution in [-0.4, -0.2) is 56.6 Å². The van der Waals surface area contributed by atoms with Gasteiger partial charge in [-0.25, -0.2) is 0 Å². The fraction of sp³-hybridized carbons (Fsp3) is 0.438. The van der Waals surface area contributed by atoms with Gasteiger partial charge in [-0.05, 0) is 56.0 Å². The third kappa shape index (κ3) is 14.0. The molecule has 0 atom stereocenters. The third-order valence-electron chi connectivity index (χ3n) is 6.45. The SMILES string of the molecule is C.C.C=CC(=O)Nc1ccccc1.COC(=O)C1CC(N)C1.COC(=O)C1CC(NCCC(=O)Nc2ccccc2)C1. The van der Waals surface area contributed by atoms with Crippen molar-refractivity contribution in [2.45, 2.75) is 59.0 Å². The smallest absolute Gasteiger partial charge is 0.308 e. The summed E-state index contributed by atoms with van der Waals surface area (Å²) in [7, 11) is 2.82. The van der Waals surface area contributed by atoms with E-state index in [-0.39, 0.29) is 56.5 Å². The summed E-state index contributed by atoms with van der Waals surface area (Å²) in [4.78, 5) is 44.3. The van der Waals surface area contributed by atoms with Crippen LogP contribution in [0.4, 0.5) is 11.4 Å². The molecule has 0 radical (unpaired) electrons. The summed E-state index contributed by atoms with van der Waals surface area (Å²) in [6.07, 6.45) is 4.86. The highest BCUT2D eigenvalue weighted by atomic mass is 16.5. The number of anilines is 2. The zero-order chi connectivity index (χ0) is 29.3. The first kappa shape index (κ1) is 38.0. The Morgan fingerprint density at radius 1 is 0.810 bits per heavy atom. The zero-order valence-corrected chi connectivity index (χ0v) is 23.1. The molecule has 42 heavy (non-hydrogen) atoms. The molecule has 2 amide bonds. The lowest BCUT2D eigenvalue weighted by atomic mass is 9.80. The zero-order valence-electron chi connectivity index (χ0n) is 23.1. The van der Waals surface area contributed by atoms with Crippen molar-refractivity contribution in [2.24, 2.45) is 17.6 Å². The molecule has 2 aliphatic carbocycles. The Balaban J connectivity index is 0.000000649. The van der Waals surface area contributed by atoms with Gasteiger partial charge < -0.3 is 31.2 Å². The van der Waals surface area contributed by atoms with Crippen molar-refractivity contribution in [1.29, 1.82) is 0 Å². The van der Waals surface area contributed by atoms with Crippen LogP contribution >= 0.6 is 0 Å². The van der Waals surface area contributed by atoms with E-state index in [1.165, 1.54) is 20.3 Å². The molecule has 2 aromatic carbocycles. The third-order valence-corrected chi connectivity index (χ3v) is 6.45. The van der Waals surface area contributed by atoms with Gasteiger partial charge >= 0.3 is 11.9 Å². The Morgan fingerprint density at radius 2 is 1.26 bits per heavy atom. The van der Waals surface area contributed by atoms with E-state index in [1.54, 1.807) is 0 Å². The number of esters is 2. The summed E-state index contributed by atoms with van der Waals surface area (Å²) in [6.45, 7) is 3.97. The molecule has 0 saturated heterocycles. The fourth-order valence-corrected chi connectivity index (χ4v) is 4.01. The molecule has 0 spiro atoms. The Kier molecular flexibility index (Phi) is 18.8. The van der Waals surface area contributed by atoms with Gasteiger partial charge in [0.2, 0.25) is 11.8 Å². The molecule has 2 saturated carbocycles. The van der Waals surface area contributed by atoms with Crippen molar-refractivity contribution in [3.05, 3.63) is 73.3 Å². The molecule has 0 unspecified atom stereocenters. The van der Waals surface area contributed by atoms with Crippen LogP contribution in [0.5, 0.6) is 0 Å². The number of nitrogens with one attached hydrogen (secondary N) is 3. The largest absolute Gasteiger partial charge is 0.469 e. The number of amides is 2. The molecule has 2 aliphatic rings. The molecule has 0 aromatic heterocycles. The summed E-state index contributed by atoms with van der Waals surface area (Å²) >= 11 is 0. The van der Waals surface area contributed by atoms with Crippen LogP contribution in [0.15, 0.2) is 73.3 Å². The maximum absolute atomic E-state index is 11.7. The second-order valence-corrected chi connectivity index (χ2v) is 9.52. The minimum atomic E-state index is -0.184. The van der Waals surface area contributed by atoms with Crippen molar-refractivity contribution in [3.63, 3.8) is 0 Å². The first-order valence-electron chi connectivity index (χ1n) is 13.2. The molecule has 0 heterocycles. The highest BCUT2D eigenvalue weighted by Gasteiger charge is 2.34. The average molecular weight is 585 g/mol. The van der Waals surface area contributed by atoms with Crippen LogP contribution in [0.2, 0.25) is 0 Å². The number of ether oxygens (including phenoxy) is 2. The van der Waals surface area contributed by atoms with Gasteiger partial charge in [0.25, 0.3) is 0 Å². The van der Waals surface area contributed by atoms with Gasteiger partial charge in [0.1, 0.15) is 0 Å². The Bertz CT molecular complexity index is 1080. The lowest BCUT2D eigenvalue weighted by Crippen LogP contribution is -2.45. The number of carbonyl (C=O) groups is 4. The van der Waals surface area contributed by atoms with Crippen LogP contribution < -0.4 is 21.7 Å². The van der Waals surface area contributed by atoms with E-state index in [2.05, 4.69) is 32.0 Å². The van der Waals surface area contributed by atoms with E-state index in [0.29, 0.717) is 19.0 Å². The van der Waals surface area contributed by atoms with Crippen LogP contribution in [0.1, 0.15) is 47.0 Å². The topological polar surface area (TPSA) is 149 Å². The summed E-state index contributed by atoms with van der Waals surface area (Å²) in [5, 5.41) is 8.75. The normalized spacial score (nSPS) is 19.3. The predicted octanol–water partition coefficient (Wildman–Crippen LogP) is 4.54. The molecule has 10 heteroatoms. The number of hydrogen-bond acceptors (Lipinski definition) is 8. The second-order valence-electron chi connectivity index (χ2n) is 9.52. The van der Waals surface area contributed by atoms with Gasteiger partial charge in [0.15, 0.2) is 0 Å². The highest BCUT2D eigenvalue weighted by molar-refractivity contribution is 5.98. The number of rotatable bonds is 9. The van der Waals surface area contributed by atoms with E-state index in [9.17, 15) is 19.2 Å². The van der Waals surface area contributed by atoms with E-state index < -0.39 is 0 Å². The van der Waals surface area contributed by atoms with Gasteiger partial charge in [0.05, 0.1) is 26.1 Å². The van der Waals surface area contributed by atoms with Crippen molar-refractivity contribution in [2.75, 3.05) is 31.4 Å². The first-order chi connectivity index (χ1) is 19.2. The maximum Gasteiger partial charge on any atom is 0.308 e.